The van der Waals surface area contributed by atoms with E-state index in [4.69, 9.17) is 0 Å². The molecular formula is C19H28N2O2S. The van der Waals surface area contributed by atoms with E-state index < -0.39 is 0 Å². The third kappa shape index (κ3) is 5.26. The maximum absolute atomic E-state index is 12.6. The Hall–Kier alpha value is -1.49. The van der Waals surface area contributed by atoms with E-state index in [1.54, 1.807) is 24.3 Å². The molecule has 1 aliphatic heterocycles. The number of carbonyl (C=O) groups excluding carboxylic acids is 2. The first kappa shape index (κ1) is 18.8. The number of hydrogen-bond donors (Lipinski definition) is 1. The van der Waals surface area contributed by atoms with E-state index >= 15 is 0 Å². The molecule has 1 atom stereocenters. The van der Waals surface area contributed by atoms with Crippen LogP contribution in [-0.4, -0.2) is 48.4 Å². The van der Waals surface area contributed by atoms with Gasteiger partial charge in [-0.25, -0.2) is 0 Å². The van der Waals surface area contributed by atoms with Crippen molar-refractivity contribution in [2.45, 2.75) is 27.2 Å². The van der Waals surface area contributed by atoms with E-state index in [1.165, 1.54) is 0 Å². The zero-order chi connectivity index (χ0) is 17.7. The molecule has 0 radical (unpaired) electrons. The van der Waals surface area contributed by atoms with Gasteiger partial charge in [-0.3, -0.25) is 9.59 Å². The minimum absolute atomic E-state index is 0.0502. The number of rotatable bonds is 5. The highest BCUT2D eigenvalue weighted by atomic mass is 32.2. The third-order valence-electron chi connectivity index (χ3n) is 4.15. The second kappa shape index (κ2) is 8.06. The van der Waals surface area contributed by atoms with Crippen LogP contribution >= 0.6 is 11.8 Å². The van der Waals surface area contributed by atoms with Gasteiger partial charge in [-0.1, -0.05) is 20.8 Å². The van der Waals surface area contributed by atoms with Gasteiger partial charge in [-0.2, -0.15) is 11.8 Å². The fourth-order valence-corrected chi connectivity index (χ4v) is 3.53. The highest BCUT2D eigenvalue weighted by molar-refractivity contribution is 7.98. The molecule has 1 aromatic carbocycles. The van der Waals surface area contributed by atoms with Crippen LogP contribution < -0.4 is 5.32 Å². The molecule has 0 spiro atoms. The summed E-state index contributed by atoms with van der Waals surface area (Å²) in [4.78, 5) is 26.6. The third-order valence-corrected chi connectivity index (χ3v) is 4.95. The lowest BCUT2D eigenvalue weighted by Gasteiger charge is -2.19. The van der Waals surface area contributed by atoms with Crippen molar-refractivity contribution in [3.8, 4) is 0 Å². The number of nitrogens with zero attached hydrogens (tertiary/aromatic N) is 1. The lowest BCUT2D eigenvalue weighted by molar-refractivity contribution is 0.0787. The van der Waals surface area contributed by atoms with Crippen LogP contribution in [0.25, 0.3) is 0 Å². The maximum atomic E-state index is 12.6. The van der Waals surface area contributed by atoms with Crippen molar-refractivity contribution in [2.24, 2.45) is 11.3 Å². The number of hydrogen-bond acceptors (Lipinski definition) is 3. The average Bonchev–Trinajstić information content (AvgIpc) is 3.00. The predicted octanol–water partition coefficient (Wildman–Crippen LogP) is 3.29. The zero-order valence-electron chi connectivity index (χ0n) is 15.1. The molecule has 1 saturated heterocycles. The van der Waals surface area contributed by atoms with Crippen LogP contribution in [0.4, 0.5) is 0 Å². The van der Waals surface area contributed by atoms with Gasteiger partial charge in [0.25, 0.3) is 11.8 Å². The first-order chi connectivity index (χ1) is 11.3. The molecule has 1 aliphatic rings. The molecule has 0 aliphatic carbocycles. The van der Waals surface area contributed by atoms with Crippen molar-refractivity contribution < 1.29 is 9.59 Å². The van der Waals surface area contributed by atoms with Crippen molar-refractivity contribution in [1.29, 1.82) is 0 Å². The lowest BCUT2D eigenvalue weighted by Crippen LogP contribution is -2.32. The standard InChI is InChI=1S/C19H28N2O2S/c1-19(2,3)13-20-17(22)15-5-7-16(8-6-15)18(23)21-10-9-14(11-21)12-24-4/h5-8,14H,9-13H2,1-4H3,(H,20,22). The summed E-state index contributed by atoms with van der Waals surface area (Å²) in [5.41, 5.74) is 1.30. The number of thioether (sulfide) groups is 1. The van der Waals surface area contributed by atoms with E-state index in [0.29, 0.717) is 23.6 Å². The van der Waals surface area contributed by atoms with Crippen LogP contribution in [0.5, 0.6) is 0 Å². The molecule has 4 nitrogen and oxygen atoms in total. The minimum Gasteiger partial charge on any atom is -0.352 e. The fraction of sp³-hybridized carbons (Fsp3) is 0.579. The topological polar surface area (TPSA) is 49.4 Å². The summed E-state index contributed by atoms with van der Waals surface area (Å²) >= 11 is 1.84. The monoisotopic (exact) mass is 348 g/mol. The van der Waals surface area contributed by atoms with Crippen molar-refractivity contribution in [2.75, 3.05) is 31.6 Å². The number of benzene rings is 1. The van der Waals surface area contributed by atoms with E-state index in [-0.39, 0.29) is 17.2 Å². The average molecular weight is 349 g/mol. The molecule has 132 valence electrons. The Morgan fingerprint density at radius 2 is 1.83 bits per heavy atom. The molecular weight excluding hydrogens is 320 g/mol. The Labute approximate surface area is 149 Å². The number of nitrogens with one attached hydrogen (secondary N) is 1. The summed E-state index contributed by atoms with van der Waals surface area (Å²) in [5.74, 6) is 1.69. The van der Waals surface area contributed by atoms with Gasteiger partial charge in [0, 0.05) is 30.8 Å². The van der Waals surface area contributed by atoms with Gasteiger partial charge in [0.05, 0.1) is 0 Å². The van der Waals surface area contributed by atoms with Gasteiger partial charge in [0.15, 0.2) is 0 Å². The lowest BCUT2D eigenvalue weighted by atomic mass is 9.97. The zero-order valence-corrected chi connectivity index (χ0v) is 15.9. The number of amides is 2. The minimum atomic E-state index is -0.0925. The molecule has 5 heteroatoms. The van der Waals surface area contributed by atoms with Crippen molar-refractivity contribution in [1.82, 2.24) is 10.2 Å². The van der Waals surface area contributed by atoms with Crippen LogP contribution in [0.1, 0.15) is 47.9 Å². The van der Waals surface area contributed by atoms with Crippen LogP contribution in [0.3, 0.4) is 0 Å². The summed E-state index contributed by atoms with van der Waals surface area (Å²) in [6.45, 7) is 8.53. The highest BCUT2D eigenvalue weighted by Gasteiger charge is 2.26. The number of carbonyl (C=O) groups is 2. The van der Waals surface area contributed by atoms with Crippen LogP contribution in [0.2, 0.25) is 0 Å². The Balaban J connectivity index is 1.94. The molecule has 24 heavy (non-hydrogen) atoms. The van der Waals surface area contributed by atoms with E-state index in [9.17, 15) is 9.59 Å². The summed E-state index contributed by atoms with van der Waals surface area (Å²) in [6, 6.07) is 6.99. The van der Waals surface area contributed by atoms with Crippen LogP contribution in [0.15, 0.2) is 24.3 Å². The first-order valence-corrected chi connectivity index (χ1v) is 9.86. The van der Waals surface area contributed by atoms with Crippen LogP contribution in [0, 0.1) is 11.3 Å². The maximum Gasteiger partial charge on any atom is 0.253 e. The normalized spacial score (nSPS) is 17.8. The highest BCUT2D eigenvalue weighted by Crippen LogP contribution is 2.21. The Morgan fingerprint density at radius 3 is 2.42 bits per heavy atom. The summed E-state index contributed by atoms with van der Waals surface area (Å²) in [7, 11) is 0. The number of likely N-dealkylation sites (tertiary alicyclic amines) is 1. The smallest absolute Gasteiger partial charge is 0.253 e. The molecule has 2 rings (SSSR count). The molecule has 1 heterocycles. The van der Waals surface area contributed by atoms with Gasteiger partial charge in [-0.05, 0) is 54.0 Å². The molecule has 1 unspecified atom stereocenters. The summed E-state index contributed by atoms with van der Waals surface area (Å²) < 4.78 is 0. The molecule has 0 aromatic heterocycles. The summed E-state index contributed by atoms with van der Waals surface area (Å²) in [5, 5.41) is 2.93. The Bertz CT molecular complexity index is 578. The van der Waals surface area contributed by atoms with Gasteiger partial charge < -0.3 is 10.2 Å². The van der Waals surface area contributed by atoms with Gasteiger partial charge in [0.2, 0.25) is 0 Å². The van der Waals surface area contributed by atoms with Crippen LogP contribution in [-0.2, 0) is 0 Å². The predicted molar refractivity (Wildman–Crippen MR) is 101 cm³/mol. The van der Waals surface area contributed by atoms with Gasteiger partial charge in [0.1, 0.15) is 0 Å². The van der Waals surface area contributed by atoms with E-state index in [1.807, 2.05) is 16.7 Å². The quantitative estimate of drug-likeness (QED) is 0.888. The van der Waals surface area contributed by atoms with E-state index in [0.717, 1.165) is 25.3 Å². The van der Waals surface area contributed by atoms with Gasteiger partial charge in [-0.15, -0.1) is 0 Å². The van der Waals surface area contributed by atoms with E-state index in [2.05, 4.69) is 32.3 Å². The molecule has 1 N–H and O–H groups in total. The summed E-state index contributed by atoms with van der Waals surface area (Å²) in [6.07, 6.45) is 3.19. The molecule has 1 aromatic rings. The second-order valence-electron chi connectivity index (χ2n) is 7.68. The first-order valence-electron chi connectivity index (χ1n) is 8.46. The Morgan fingerprint density at radius 1 is 1.21 bits per heavy atom. The SMILES string of the molecule is CSCC1CCN(C(=O)c2ccc(C(=O)NCC(C)(C)C)cc2)C1. The largest absolute Gasteiger partial charge is 0.352 e. The molecule has 0 bridgehead atoms. The van der Waals surface area contributed by atoms with Crippen molar-refractivity contribution >= 4 is 23.6 Å². The molecule has 2 amide bonds. The molecule has 1 fully saturated rings. The van der Waals surface area contributed by atoms with Gasteiger partial charge >= 0.3 is 0 Å². The van der Waals surface area contributed by atoms with Crippen molar-refractivity contribution in [3.63, 3.8) is 0 Å². The fourth-order valence-electron chi connectivity index (χ4n) is 2.78. The molecule has 0 saturated carbocycles. The second-order valence-corrected chi connectivity index (χ2v) is 8.59. The Kier molecular flexibility index (Phi) is 6.33. The van der Waals surface area contributed by atoms with Crippen molar-refractivity contribution in [3.05, 3.63) is 35.4 Å².